The number of nitrogens with one attached hydrogen (secondary N) is 3. The zero-order valence-corrected chi connectivity index (χ0v) is 18.1. The molecule has 2 heterocycles. The average Bonchev–Trinajstić information content (AvgIpc) is 3.42. The van der Waals surface area contributed by atoms with Gasteiger partial charge in [-0.1, -0.05) is 36.0 Å². The van der Waals surface area contributed by atoms with Crippen molar-refractivity contribution in [3.63, 3.8) is 0 Å². The van der Waals surface area contributed by atoms with Crippen LogP contribution in [-0.2, 0) is 12.8 Å². The van der Waals surface area contributed by atoms with Crippen molar-refractivity contribution in [1.29, 1.82) is 0 Å². The van der Waals surface area contributed by atoms with Crippen LogP contribution >= 0.6 is 11.8 Å². The van der Waals surface area contributed by atoms with Crippen molar-refractivity contribution in [2.75, 3.05) is 16.0 Å². The largest absolute Gasteiger partial charge is 0.455 e. The molecule has 162 valence electrons. The summed E-state index contributed by atoms with van der Waals surface area (Å²) in [5.74, 6) is 1.08. The first-order chi connectivity index (χ1) is 15.6. The number of carbonyl (C=O) groups excluding carboxylic acids is 2. The van der Waals surface area contributed by atoms with E-state index in [-0.39, 0.29) is 17.7 Å². The summed E-state index contributed by atoms with van der Waals surface area (Å²) in [4.78, 5) is 29.0. The van der Waals surface area contributed by atoms with Crippen molar-refractivity contribution >= 4 is 40.8 Å². The molecule has 0 bridgehead atoms. The van der Waals surface area contributed by atoms with Crippen molar-refractivity contribution in [3.8, 4) is 0 Å². The standard InChI is InChI=1S/C23H21N5O3S/c1-28-13-12-24-23(28)32-15-19-10-11-20(31-19)21(29)25-17-8-5-9-18(14-17)27-22(30)26-16-6-3-2-4-7-16/h2-14H,15H2,1H3,(H,25,29)(H2,26,27,30). The lowest BCUT2D eigenvalue weighted by Crippen LogP contribution is -2.19. The van der Waals surface area contributed by atoms with Crippen molar-refractivity contribution in [2.24, 2.45) is 7.05 Å². The molecule has 2 aromatic carbocycles. The van der Waals surface area contributed by atoms with Gasteiger partial charge < -0.3 is 24.9 Å². The Morgan fingerprint density at radius 3 is 2.41 bits per heavy atom. The van der Waals surface area contributed by atoms with Gasteiger partial charge in [0.1, 0.15) is 5.76 Å². The highest BCUT2D eigenvalue weighted by Crippen LogP contribution is 2.23. The maximum absolute atomic E-state index is 12.6. The second-order valence-electron chi connectivity index (χ2n) is 6.86. The molecule has 0 fully saturated rings. The maximum Gasteiger partial charge on any atom is 0.323 e. The summed E-state index contributed by atoms with van der Waals surface area (Å²) < 4.78 is 7.59. The Labute approximate surface area is 189 Å². The van der Waals surface area contributed by atoms with Crippen LogP contribution in [0.5, 0.6) is 0 Å². The van der Waals surface area contributed by atoms with E-state index >= 15 is 0 Å². The first-order valence-corrected chi connectivity index (χ1v) is 10.8. The number of carbonyl (C=O) groups is 2. The van der Waals surface area contributed by atoms with Gasteiger partial charge in [-0.05, 0) is 42.5 Å². The Morgan fingerprint density at radius 2 is 1.66 bits per heavy atom. The summed E-state index contributed by atoms with van der Waals surface area (Å²) in [5, 5.41) is 9.15. The fourth-order valence-corrected chi connectivity index (χ4v) is 3.71. The number of amides is 3. The third-order valence-corrected chi connectivity index (χ3v) is 5.50. The number of imidazole rings is 1. The number of anilines is 3. The minimum absolute atomic E-state index is 0.209. The third kappa shape index (κ3) is 5.58. The maximum atomic E-state index is 12.6. The summed E-state index contributed by atoms with van der Waals surface area (Å²) in [5.41, 5.74) is 1.76. The van der Waals surface area contributed by atoms with Crippen LogP contribution in [0.15, 0.2) is 88.7 Å². The van der Waals surface area contributed by atoms with Gasteiger partial charge >= 0.3 is 6.03 Å². The number of furan rings is 1. The monoisotopic (exact) mass is 447 g/mol. The molecule has 0 atom stereocenters. The molecule has 0 aliphatic carbocycles. The summed E-state index contributed by atoms with van der Waals surface area (Å²) in [6.07, 6.45) is 3.61. The lowest BCUT2D eigenvalue weighted by atomic mass is 10.2. The number of benzene rings is 2. The van der Waals surface area contributed by atoms with Gasteiger partial charge in [0.15, 0.2) is 10.9 Å². The van der Waals surface area contributed by atoms with E-state index in [9.17, 15) is 9.59 Å². The summed E-state index contributed by atoms with van der Waals surface area (Å²) >= 11 is 1.52. The van der Waals surface area contributed by atoms with Crippen molar-refractivity contribution in [3.05, 3.63) is 90.6 Å². The predicted octanol–water partition coefficient (Wildman–Crippen LogP) is 5.20. The van der Waals surface area contributed by atoms with Crippen LogP contribution in [0.3, 0.4) is 0 Å². The molecule has 4 rings (SSSR count). The molecule has 2 aromatic heterocycles. The molecule has 3 N–H and O–H groups in total. The number of rotatable bonds is 7. The fraction of sp³-hybridized carbons (Fsp3) is 0.0870. The molecule has 0 saturated heterocycles. The molecule has 32 heavy (non-hydrogen) atoms. The normalized spacial score (nSPS) is 10.5. The minimum atomic E-state index is -0.374. The van der Waals surface area contributed by atoms with E-state index in [0.717, 1.165) is 5.16 Å². The lowest BCUT2D eigenvalue weighted by Gasteiger charge is -2.09. The fourth-order valence-electron chi connectivity index (χ4n) is 2.89. The smallest absolute Gasteiger partial charge is 0.323 e. The first kappa shape index (κ1) is 21.3. The van der Waals surface area contributed by atoms with Crippen molar-refractivity contribution < 1.29 is 14.0 Å². The molecule has 0 unspecified atom stereocenters. The molecule has 9 heteroatoms. The van der Waals surface area contributed by atoms with Gasteiger partial charge in [0.25, 0.3) is 5.91 Å². The van der Waals surface area contributed by atoms with Crippen LogP contribution in [0.25, 0.3) is 0 Å². The van der Waals surface area contributed by atoms with Gasteiger partial charge in [-0.15, -0.1) is 0 Å². The zero-order valence-electron chi connectivity index (χ0n) is 17.2. The topological polar surface area (TPSA) is 101 Å². The van der Waals surface area contributed by atoms with E-state index in [1.54, 1.807) is 54.7 Å². The Morgan fingerprint density at radius 1 is 0.938 bits per heavy atom. The van der Waals surface area contributed by atoms with E-state index < -0.39 is 0 Å². The number of urea groups is 1. The van der Waals surface area contributed by atoms with Gasteiger partial charge in [0.05, 0.1) is 5.75 Å². The number of aryl methyl sites for hydroxylation is 1. The Kier molecular flexibility index (Phi) is 6.57. The second-order valence-corrected chi connectivity index (χ2v) is 7.80. The molecular formula is C23H21N5O3S. The number of aromatic nitrogens is 2. The molecule has 3 amide bonds. The number of thioether (sulfide) groups is 1. The molecule has 0 aliphatic rings. The quantitative estimate of drug-likeness (QED) is 0.338. The number of para-hydroxylation sites is 1. The number of hydrogen-bond acceptors (Lipinski definition) is 5. The van der Waals surface area contributed by atoms with Gasteiger partial charge in [-0.2, -0.15) is 0 Å². The highest BCUT2D eigenvalue weighted by atomic mass is 32.2. The van der Waals surface area contributed by atoms with Gasteiger partial charge in [0, 0.05) is 36.5 Å². The Balaban J connectivity index is 1.33. The van der Waals surface area contributed by atoms with Gasteiger partial charge in [0.2, 0.25) is 0 Å². The first-order valence-electron chi connectivity index (χ1n) is 9.80. The van der Waals surface area contributed by atoms with Crippen LogP contribution in [-0.4, -0.2) is 21.5 Å². The molecular weight excluding hydrogens is 426 g/mol. The van der Waals surface area contributed by atoms with Crippen LogP contribution < -0.4 is 16.0 Å². The second kappa shape index (κ2) is 9.88. The van der Waals surface area contributed by atoms with Crippen molar-refractivity contribution in [2.45, 2.75) is 10.9 Å². The third-order valence-electron chi connectivity index (χ3n) is 4.42. The van der Waals surface area contributed by atoms with Crippen LogP contribution in [0.1, 0.15) is 16.3 Å². The van der Waals surface area contributed by atoms with E-state index in [1.165, 1.54) is 11.8 Å². The molecule has 0 radical (unpaired) electrons. The predicted molar refractivity (Wildman–Crippen MR) is 125 cm³/mol. The zero-order chi connectivity index (χ0) is 22.3. The van der Waals surface area contributed by atoms with E-state index in [0.29, 0.717) is 28.6 Å². The van der Waals surface area contributed by atoms with Crippen molar-refractivity contribution in [1.82, 2.24) is 9.55 Å². The molecule has 0 aliphatic heterocycles. The van der Waals surface area contributed by atoms with Gasteiger partial charge in [-0.3, -0.25) is 4.79 Å². The lowest BCUT2D eigenvalue weighted by molar-refractivity contribution is 0.0995. The highest BCUT2D eigenvalue weighted by Gasteiger charge is 2.13. The van der Waals surface area contributed by atoms with E-state index in [1.807, 2.05) is 36.0 Å². The van der Waals surface area contributed by atoms with E-state index in [2.05, 4.69) is 20.9 Å². The Bertz CT molecular complexity index is 1220. The summed E-state index contributed by atoms with van der Waals surface area (Å²) in [6.45, 7) is 0. The molecule has 0 spiro atoms. The van der Waals surface area contributed by atoms with Gasteiger partial charge in [-0.25, -0.2) is 9.78 Å². The summed E-state index contributed by atoms with van der Waals surface area (Å²) in [7, 11) is 1.92. The summed E-state index contributed by atoms with van der Waals surface area (Å²) in [6, 6.07) is 19.1. The van der Waals surface area contributed by atoms with Crippen LogP contribution in [0.2, 0.25) is 0 Å². The Hall–Kier alpha value is -3.98. The SMILES string of the molecule is Cn1ccnc1SCc1ccc(C(=O)Nc2cccc(NC(=O)Nc3ccccc3)c2)o1. The highest BCUT2D eigenvalue weighted by molar-refractivity contribution is 7.98. The molecule has 4 aromatic rings. The van der Waals surface area contributed by atoms with Crippen LogP contribution in [0, 0.1) is 0 Å². The molecule has 0 saturated carbocycles. The van der Waals surface area contributed by atoms with Crippen LogP contribution in [0.4, 0.5) is 21.9 Å². The number of hydrogen-bond donors (Lipinski definition) is 3. The minimum Gasteiger partial charge on any atom is -0.455 e. The average molecular weight is 448 g/mol. The molecule has 8 nitrogen and oxygen atoms in total. The number of nitrogens with zero attached hydrogens (tertiary/aromatic N) is 2. The van der Waals surface area contributed by atoms with E-state index in [4.69, 9.17) is 4.42 Å².